The molecule has 1 aromatic heterocycles. The first-order valence-electron chi connectivity index (χ1n) is 9.65. The minimum Gasteiger partial charge on any atom is -0.361 e. The molecule has 1 aromatic carbocycles. The molecular formula is C21H25N3O3. The van der Waals surface area contributed by atoms with E-state index in [4.69, 9.17) is 4.52 Å². The molecule has 2 saturated heterocycles. The van der Waals surface area contributed by atoms with Crippen molar-refractivity contribution in [2.45, 2.75) is 26.2 Å². The number of benzene rings is 1. The van der Waals surface area contributed by atoms with Gasteiger partial charge >= 0.3 is 0 Å². The maximum atomic E-state index is 12.7. The second-order valence-corrected chi connectivity index (χ2v) is 7.69. The standard InChI is InChI=1S/C21H25N3O3/c1-15-11-19(22-27-15)21(26)24-13-18(14-24)20(25)23-9-7-17(8-10-23)12-16-5-3-2-4-6-16/h2-6,11,17-18H,7-10,12-14H2,1H3. The highest BCUT2D eigenvalue weighted by molar-refractivity contribution is 5.94. The first-order chi connectivity index (χ1) is 13.1. The predicted octanol–water partition coefficient (Wildman–Crippen LogP) is 2.54. The van der Waals surface area contributed by atoms with Crippen LogP contribution in [0.5, 0.6) is 0 Å². The van der Waals surface area contributed by atoms with Gasteiger partial charge in [-0.3, -0.25) is 9.59 Å². The molecule has 0 N–H and O–H groups in total. The number of amides is 2. The maximum Gasteiger partial charge on any atom is 0.276 e. The summed E-state index contributed by atoms with van der Waals surface area (Å²) in [5.74, 6) is 1.22. The van der Waals surface area contributed by atoms with Crippen LogP contribution < -0.4 is 0 Å². The van der Waals surface area contributed by atoms with Crippen LogP contribution in [0.2, 0.25) is 0 Å². The number of aromatic nitrogens is 1. The lowest BCUT2D eigenvalue weighted by Crippen LogP contribution is -2.57. The van der Waals surface area contributed by atoms with E-state index < -0.39 is 0 Å². The number of hydrogen-bond donors (Lipinski definition) is 0. The fourth-order valence-corrected chi connectivity index (χ4v) is 3.99. The van der Waals surface area contributed by atoms with Crippen molar-refractivity contribution < 1.29 is 14.1 Å². The largest absolute Gasteiger partial charge is 0.361 e. The van der Waals surface area contributed by atoms with E-state index in [-0.39, 0.29) is 17.7 Å². The van der Waals surface area contributed by atoms with Crippen molar-refractivity contribution in [3.05, 3.63) is 53.4 Å². The smallest absolute Gasteiger partial charge is 0.276 e. The summed E-state index contributed by atoms with van der Waals surface area (Å²) in [6.07, 6.45) is 3.19. The number of carbonyl (C=O) groups excluding carboxylic acids is 2. The second-order valence-electron chi connectivity index (χ2n) is 7.69. The molecule has 0 unspecified atom stereocenters. The topological polar surface area (TPSA) is 66.7 Å². The molecule has 2 amide bonds. The van der Waals surface area contributed by atoms with Gasteiger partial charge < -0.3 is 14.3 Å². The highest BCUT2D eigenvalue weighted by Gasteiger charge is 2.39. The average molecular weight is 367 g/mol. The first kappa shape index (κ1) is 17.8. The van der Waals surface area contributed by atoms with Gasteiger partial charge in [0.1, 0.15) is 5.76 Å². The number of carbonyl (C=O) groups is 2. The summed E-state index contributed by atoms with van der Waals surface area (Å²) in [7, 11) is 0. The number of rotatable bonds is 4. The number of hydrogen-bond acceptors (Lipinski definition) is 4. The lowest BCUT2D eigenvalue weighted by Gasteiger charge is -2.42. The van der Waals surface area contributed by atoms with Crippen LogP contribution in [-0.4, -0.2) is 52.9 Å². The number of nitrogens with zero attached hydrogens (tertiary/aromatic N) is 3. The molecular weight excluding hydrogens is 342 g/mol. The Bertz CT molecular complexity index is 803. The Hall–Kier alpha value is -2.63. The van der Waals surface area contributed by atoms with Crippen molar-refractivity contribution >= 4 is 11.8 Å². The van der Waals surface area contributed by atoms with Crippen molar-refractivity contribution in [1.29, 1.82) is 0 Å². The van der Waals surface area contributed by atoms with Gasteiger partial charge in [0.2, 0.25) is 5.91 Å². The molecule has 142 valence electrons. The number of piperidine rings is 1. The Kier molecular flexibility index (Phi) is 4.97. The molecule has 0 spiro atoms. The summed E-state index contributed by atoms with van der Waals surface area (Å²) < 4.78 is 4.95. The Morgan fingerprint density at radius 1 is 1.11 bits per heavy atom. The van der Waals surface area contributed by atoms with Crippen molar-refractivity contribution in [2.75, 3.05) is 26.2 Å². The minimum absolute atomic E-state index is 0.0763. The van der Waals surface area contributed by atoms with E-state index >= 15 is 0 Å². The van der Waals surface area contributed by atoms with Crippen LogP contribution in [0.1, 0.15) is 34.7 Å². The lowest BCUT2D eigenvalue weighted by atomic mass is 9.89. The van der Waals surface area contributed by atoms with Crippen molar-refractivity contribution in [2.24, 2.45) is 11.8 Å². The Labute approximate surface area is 159 Å². The number of aryl methyl sites for hydroxylation is 1. The zero-order valence-electron chi connectivity index (χ0n) is 15.6. The lowest BCUT2D eigenvalue weighted by molar-refractivity contribution is -0.141. The molecule has 6 nitrogen and oxygen atoms in total. The molecule has 0 radical (unpaired) electrons. The van der Waals surface area contributed by atoms with E-state index in [2.05, 4.69) is 29.4 Å². The van der Waals surface area contributed by atoms with Gasteiger partial charge in [0, 0.05) is 32.2 Å². The fraction of sp³-hybridized carbons (Fsp3) is 0.476. The van der Waals surface area contributed by atoms with Crippen LogP contribution in [0, 0.1) is 18.8 Å². The Morgan fingerprint density at radius 2 is 1.81 bits per heavy atom. The van der Waals surface area contributed by atoms with Crippen LogP contribution in [0.15, 0.2) is 40.9 Å². The molecule has 6 heteroatoms. The van der Waals surface area contributed by atoms with Crippen LogP contribution in [0.3, 0.4) is 0 Å². The van der Waals surface area contributed by atoms with Crippen molar-refractivity contribution in [3.8, 4) is 0 Å². The maximum absolute atomic E-state index is 12.7. The van der Waals surface area contributed by atoms with Crippen LogP contribution in [0.25, 0.3) is 0 Å². The molecule has 0 bridgehead atoms. The molecule has 2 aromatic rings. The first-order valence-corrected chi connectivity index (χ1v) is 9.65. The molecule has 0 aliphatic carbocycles. The summed E-state index contributed by atoms with van der Waals surface area (Å²) in [4.78, 5) is 28.6. The van der Waals surface area contributed by atoms with E-state index in [0.717, 1.165) is 32.4 Å². The second kappa shape index (κ2) is 7.55. The van der Waals surface area contributed by atoms with Crippen LogP contribution in [-0.2, 0) is 11.2 Å². The fourth-order valence-electron chi connectivity index (χ4n) is 3.99. The summed E-state index contributed by atoms with van der Waals surface area (Å²) in [6.45, 7) is 4.36. The summed E-state index contributed by atoms with van der Waals surface area (Å²) in [5, 5.41) is 3.76. The summed E-state index contributed by atoms with van der Waals surface area (Å²) in [5.41, 5.74) is 1.69. The molecule has 3 heterocycles. The van der Waals surface area contributed by atoms with Gasteiger partial charge in [0.15, 0.2) is 5.69 Å². The van der Waals surface area contributed by atoms with Crippen LogP contribution in [0.4, 0.5) is 0 Å². The third kappa shape index (κ3) is 3.89. The van der Waals surface area contributed by atoms with Gasteiger partial charge in [0.05, 0.1) is 5.92 Å². The third-order valence-corrected chi connectivity index (χ3v) is 5.66. The van der Waals surface area contributed by atoms with Crippen LogP contribution >= 0.6 is 0 Å². The van der Waals surface area contributed by atoms with Crippen molar-refractivity contribution in [3.63, 3.8) is 0 Å². The molecule has 2 aliphatic heterocycles. The van der Waals surface area contributed by atoms with Gasteiger partial charge in [-0.25, -0.2) is 0 Å². The summed E-state index contributed by atoms with van der Waals surface area (Å²) >= 11 is 0. The van der Waals surface area contributed by atoms with E-state index in [9.17, 15) is 9.59 Å². The quantitative estimate of drug-likeness (QED) is 0.833. The Morgan fingerprint density at radius 3 is 2.44 bits per heavy atom. The zero-order valence-corrected chi connectivity index (χ0v) is 15.6. The SMILES string of the molecule is Cc1cc(C(=O)N2CC(C(=O)N3CCC(Cc4ccccc4)CC3)C2)no1. The van der Waals surface area contributed by atoms with Gasteiger partial charge in [-0.1, -0.05) is 35.5 Å². The van der Waals surface area contributed by atoms with Gasteiger partial charge in [0.25, 0.3) is 5.91 Å². The molecule has 0 saturated carbocycles. The van der Waals surface area contributed by atoms with E-state index in [1.165, 1.54) is 5.56 Å². The number of likely N-dealkylation sites (tertiary alicyclic amines) is 2. The van der Waals surface area contributed by atoms with Gasteiger partial charge in [-0.2, -0.15) is 0 Å². The van der Waals surface area contributed by atoms with Gasteiger partial charge in [-0.15, -0.1) is 0 Å². The molecule has 0 atom stereocenters. The van der Waals surface area contributed by atoms with E-state index in [1.807, 2.05) is 11.0 Å². The molecule has 2 aliphatic rings. The van der Waals surface area contributed by atoms with E-state index in [1.54, 1.807) is 17.9 Å². The summed E-state index contributed by atoms with van der Waals surface area (Å²) in [6, 6.07) is 12.2. The third-order valence-electron chi connectivity index (χ3n) is 5.66. The van der Waals surface area contributed by atoms with E-state index in [0.29, 0.717) is 30.5 Å². The highest BCUT2D eigenvalue weighted by atomic mass is 16.5. The average Bonchev–Trinajstić information content (AvgIpc) is 3.08. The molecule has 27 heavy (non-hydrogen) atoms. The monoisotopic (exact) mass is 367 g/mol. The van der Waals surface area contributed by atoms with Gasteiger partial charge in [-0.05, 0) is 37.7 Å². The molecule has 4 rings (SSSR count). The predicted molar refractivity (Wildman–Crippen MR) is 100 cm³/mol. The minimum atomic E-state index is -0.155. The zero-order chi connectivity index (χ0) is 18.8. The van der Waals surface area contributed by atoms with Crippen molar-refractivity contribution in [1.82, 2.24) is 15.0 Å². The normalized spacial score (nSPS) is 18.4. The Balaban J connectivity index is 1.23. The highest BCUT2D eigenvalue weighted by Crippen LogP contribution is 2.26. The molecule has 2 fully saturated rings.